The molecule has 0 amide bonds. The first kappa shape index (κ1) is 22.1. The molecule has 0 aromatic heterocycles. The van der Waals surface area contributed by atoms with Crippen molar-refractivity contribution in [1.29, 1.82) is 0 Å². The van der Waals surface area contributed by atoms with Crippen molar-refractivity contribution in [2.24, 2.45) is 4.99 Å². The van der Waals surface area contributed by atoms with Crippen molar-refractivity contribution in [3.63, 3.8) is 0 Å². The smallest absolute Gasteiger partial charge is 0.191 e. The summed E-state index contributed by atoms with van der Waals surface area (Å²) >= 11 is 0. The molecule has 1 aliphatic carbocycles. The molecule has 1 aromatic rings. The Balaban J connectivity index is 0.00000261. The van der Waals surface area contributed by atoms with Gasteiger partial charge in [0.1, 0.15) is 0 Å². The van der Waals surface area contributed by atoms with Crippen LogP contribution in [0.1, 0.15) is 36.8 Å². The van der Waals surface area contributed by atoms with Crippen molar-refractivity contribution in [3.8, 4) is 11.5 Å². The first-order valence-electron chi connectivity index (χ1n) is 9.66. The number of fused-ring (bicyclic) bond motifs is 1. The molecular formula is C20H33IN4O2. The monoisotopic (exact) mass is 488 g/mol. The quantitative estimate of drug-likeness (QED) is 0.367. The number of rotatable bonds is 6. The number of halogens is 1. The molecule has 152 valence electrons. The highest BCUT2D eigenvalue weighted by Gasteiger charge is 2.20. The summed E-state index contributed by atoms with van der Waals surface area (Å²) in [7, 11) is 5.23. The van der Waals surface area contributed by atoms with E-state index in [9.17, 15) is 0 Å². The maximum Gasteiger partial charge on any atom is 0.191 e. The van der Waals surface area contributed by atoms with E-state index in [-0.39, 0.29) is 24.0 Å². The molecule has 2 N–H and O–H groups in total. The van der Waals surface area contributed by atoms with Crippen LogP contribution in [0, 0.1) is 0 Å². The minimum atomic E-state index is 0. The second-order valence-electron chi connectivity index (χ2n) is 7.13. The molecule has 0 atom stereocenters. The van der Waals surface area contributed by atoms with Crippen LogP contribution in [-0.4, -0.2) is 57.8 Å². The first-order chi connectivity index (χ1) is 12.7. The standard InChI is InChI=1S/C20H32N4O2.HI/c1-21-20(23-17-6-4-5-7-17)22-9-11-24-10-8-15-12-18(25-2)19(26-3)13-16(15)14-24;/h12-13,17H,4-11,14H2,1-3H3,(H2,21,22,23);1H. The van der Waals surface area contributed by atoms with E-state index in [1.807, 2.05) is 7.05 Å². The fraction of sp³-hybridized carbons (Fsp3) is 0.650. The maximum absolute atomic E-state index is 5.45. The van der Waals surface area contributed by atoms with Crippen LogP contribution in [0.25, 0.3) is 0 Å². The molecule has 1 fully saturated rings. The summed E-state index contributed by atoms with van der Waals surface area (Å²) in [4.78, 5) is 6.83. The number of benzene rings is 1. The Kier molecular flexibility index (Phi) is 8.95. The Labute approximate surface area is 180 Å². The van der Waals surface area contributed by atoms with Gasteiger partial charge in [-0.15, -0.1) is 24.0 Å². The molecule has 7 heteroatoms. The molecule has 1 heterocycles. The Morgan fingerprint density at radius 2 is 1.81 bits per heavy atom. The van der Waals surface area contributed by atoms with Crippen LogP contribution in [-0.2, 0) is 13.0 Å². The Hall–Kier alpha value is -1.22. The zero-order valence-electron chi connectivity index (χ0n) is 16.7. The third-order valence-electron chi connectivity index (χ3n) is 5.44. The maximum atomic E-state index is 5.45. The lowest BCUT2D eigenvalue weighted by Crippen LogP contribution is -2.45. The SMILES string of the molecule is CN=C(NCCN1CCc2cc(OC)c(OC)cc2C1)NC1CCCC1.I. The summed E-state index contributed by atoms with van der Waals surface area (Å²) in [5, 5.41) is 7.00. The molecule has 0 bridgehead atoms. The number of ether oxygens (including phenoxy) is 2. The Morgan fingerprint density at radius 3 is 2.44 bits per heavy atom. The number of methoxy groups -OCH3 is 2. The molecule has 3 rings (SSSR count). The van der Waals surface area contributed by atoms with Crippen LogP contribution in [0.15, 0.2) is 17.1 Å². The molecule has 2 aliphatic rings. The van der Waals surface area contributed by atoms with Crippen LogP contribution < -0.4 is 20.1 Å². The number of guanidine groups is 1. The second kappa shape index (κ2) is 10.9. The summed E-state index contributed by atoms with van der Waals surface area (Å²) in [6, 6.07) is 4.83. The predicted octanol–water partition coefficient (Wildman–Crippen LogP) is 2.79. The van der Waals surface area contributed by atoms with Gasteiger partial charge in [0.05, 0.1) is 14.2 Å². The van der Waals surface area contributed by atoms with Crippen LogP contribution in [0.2, 0.25) is 0 Å². The zero-order valence-corrected chi connectivity index (χ0v) is 19.0. The molecule has 0 saturated heterocycles. The van der Waals surface area contributed by atoms with Crippen molar-refractivity contribution in [2.45, 2.75) is 44.7 Å². The highest BCUT2D eigenvalue weighted by molar-refractivity contribution is 14.0. The van der Waals surface area contributed by atoms with E-state index in [4.69, 9.17) is 9.47 Å². The molecule has 1 aromatic carbocycles. The third-order valence-corrected chi connectivity index (χ3v) is 5.44. The fourth-order valence-corrected chi connectivity index (χ4v) is 3.92. The average molecular weight is 488 g/mol. The highest BCUT2D eigenvalue weighted by atomic mass is 127. The lowest BCUT2D eigenvalue weighted by molar-refractivity contribution is 0.256. The van der Waals surface area contributed by atoms with Gasteiger partial charge < -0.3 is 20.1 Å². The van der Waals surface area contributed by atoms with E-state index >= 15 is 0 Å². The van der Waals surface area contributed by atoms with E-state index in [1.54, 1.807) is 14.2 Å². The van der Waals surface area contributed by atoms with E-state index in [0.717, 1.165) is 50.1 Å². The molecule has 0 unspecified atom stereocenters. The minimum absolute atomic E-state index is 0. The van der Waals surface area contributed by atoms with Crippen LogP contribution in [0.3, 0.4) is 0 Å². The number of aliphatic imine (C=N–C) groups is 1. The Bertz CT molecular complexity index is 633. The molecule has 1 saturated carbocycles. The summed E-state index contributed by atoms with van der Waals surface area (Å²) in [6.45, 7) is 3.92. The van der Waals surface area contributed by atoms with Gasteiger partial charge >= 0.3 is 0 Å². The molecule has 27 heavy (non-hydrogen) atoms. The minimum Gasteiger partial charge on any atom is -0.493 e. The normalized spacial score (nSPS) is 17.8. The van der Waals surface area contributed by atoms with E-state index in [2.05, 4.69) is 32.7 Å². The summed E-state index contributed by atoms with van der Waals surface area (Å²) < 4.78 is 10.9. The number of hydrogen-bond acceptors (Lipinski definition) is 4. The van der Waals surface area contributed by atoms with Crippen molar-refractivity contribution >= 4 is 29.9 Å². The second-order valence-corrected chi connectivity index (χ2v) is 7.13. The van der Waals surface area contributed by atoms with Gasteiger partial charge in [0.15, 0.2) is 17.5 Å². The average Bonchev–Trinajstić information content (AvgIpc) is 3.19. The van der Waals surface area contributed by atoms with E-state index < -0.39 is 0 Å². The molecule has 1 aliphatic heterocycles. The summed E-state index contributed by atoms with van der Waals surface area (Å²) in [6.07, 6.45) is 6.22. The first-order valence-corrected chi connectivity index (χ1v) is 9.66. The molecule has 6 nitrogen and oxygen atoms in total. The van der Waals surface area contributed by atoms with Gasteiger partial charge in [0.2, 0.25) is 0 Å². The molecule has 0 spiro atoms. The fourth-order valence-electron chi connectivity index (χ4n) is 3.92. The van der Waals surface area contributed by atoms with Gasteiger partial charge in [-0.25, -0.2) is 0 Å². The van der Waals surface area contributed by atoms with Gasteiger partial charge in [-0.3, -0.25) is 9.89 Å². The van der Waals surface area contributed by atoms with Crippen molar-refractivity contribution in [3.05, 3.63) is 23.3 Å². The van der Waals surface area contributed by atoms with Crippen LogP contribution in [0.5, 0.6) is 11.5 Å². The Morgan fingerprint density at radius 1 is 1.15 bits per heavy atom. The molecular weight excluding hydrogens is 455 g/mol. The largest absolute Gasteiger partial charge is 0.493 e. The van der Waals surface area contributed by atoms with Gasteiger partial charge in [0.25, 0.3) is 0 Å². The highest BCUT2D eigenvalue weighted by Crippen LogP contribution is 2.33. The summed E-state index contributed by atoms with van der Waals surface area (Å²) in [5.41, 5.74) is 2.70. The van der Waals surface area contributed by atoms with Crippen LogP contribution in [0.4, 0.5) is 0 Å². The zero-order chi connectivity index (χ0) is 18.4. The van der Waals surface area contributed by atoms with Crippen molar-refractivity contribution in [2.75, 3.05) is 40.9 Å². The van der Waals surface area contributed by atoms with Crippen molar-refractivity contribution in [1.82, 2.24) is 15.5 Å². The van der Waals surface area contributed by atoms with Crippen molar-refractivity contribution < 1.29 is 9.47 Å². The van der Waals surface area contributed by atoms with Gasteiger partial charge in [0, 0.05) is 39.3 Å². The topological polar surface area (TPSA) is 58.1 Å². The summed E-state index contributed by atoms with van der Waals surface area (Å²) in [5.74, 6) is 2.57. The van der Waals surface area contributed by atoms with Gasteiger partial charge in [-0.1, -0.05) is 12.8 Å². The molecule has 0 radical (unpaired) electrons. The van der Waals surface area contributed by atoms with E-state index in [1.165, 1.54) is 36.8 Å². The predicted molar refractivity (Wildman–Crippen MR) is 121 cm³/mol. The third kappa shape index (κ3) is 5.88. The van der Waals surface area contributed by atoms with Gasteiger partial charge in [-0.2, -0.15) is 0 Å². The lowest BCUT2D eigenvalue weighted by Gasteiger charge is -2.29. The lowest BCUT2D eigenvalue weighted by atomic mass is 9.99. The van der Waals surface area contributed by atoms with Gasteiger partial charge in [-0.05, 0) is 42.5 Å². The number of nitrogens with zero attached hydrogens (tertiary/aromatic N) is 2. The number of nitrogens with one attached hydrogen (secondary N) is 2. The van der Waals surface area contributed by atoms with E-state index in [0.29, 0.717) is 6.04 Å². The van der Waals surface area contributed by atoms with Crippen LogP contribution >= 0.6 is 24.0 Å². The number of hydrogen-bond donors (Lipinski definition) is 2.